The van der Waals surface area contributed by atoms with Crippen LogP contribution in [0.25, 0.3) is 6.08 Å². The van der Waals surface area contributed by atoms with Gasteiger partial charge in [-0.1, -0.05) is 6.07 Å². The van der Waals surface area contributed by atoms with Crippen LogP contribution in [0.1, 0.15) is 30.7 Å². The number of ether oxygens (including phenoxy) is 2. The maximum atomic E-state index is 12.8. The molecule has 8 heteroatoms. The number of benzene rings is 1. The van der Waals surface area contributed by atoms with Gasteiger partial charge in [0.1, 0.15) is 5.70 Å². The minimum Gasteiger partial charge on any atom is -0.490 e. The first-order valence-corrected chi connectivity index (χ1v) is 10.1. The van der Waals surface area contributed by atoms with Crippen LogP contribution in [0.5, 0.6) is 11.5 Å². The third kappa shape index (κ3) is 4.76. The summed E-state index contributed by atoms with van der Waals surface area (Å²) in [5.74, 6) is 1.31. The number of rotatable bonds is 8. The van der Waals surface area contributed by atoms with Gasteiger partial charge in [0.25, 0.3) is 5.91 Å². The van der Waals surface area contributed by atoms with Gasteiger partial charge >= 0.3 is 0 Å². The second-order valence-electron chi connectivity index (χ2n) is 6.69. The molecule has 1 aliphatic rings. The van der Waals surface area contributed by atoms with Gasteiger partial charge in [-0.2, -0.15) is 5.10 Å². The quantitative estimate of drug-likeness (QED) is 0.529. The highest BCUT2D eigenvalue weighted by Crippen LogP contribution is 2.29. The van der Waals surface area contributed by atoms with Gasteiger partial charge in [0, 0.05) is 25.4 Å². The molecule has 1 aromatic heterocycles. The molecule has 2 aromatic rings. The summed E-state index contributed by atoms with van der Waals surface area (Å²) in [6.45, 7) is 7.40. The van der Waals surface area contributed by atoms with Crippen LogP contribution in [-0.4, -0.2) is 45.5 Å². The molecule has 0 unspecified atom stereocenters. The van der Waals surface area contributed by atoms with E-state index in [1.165, 1.54) is 0 Å². The van der Waals surface area contributed by atoms with E-state index in [-0.39, 0.29) is 5.91 Å². The predicted octanol–water partition coefficient (Wildman–Crippen LogP) is 2.83. The predicted molar refractivity (Wildman–Crippen MR) is 116 cm³/mol. The van der Waals surface area contributed by atoms with Gasteiger partial charge in [-0.25, -0.2) is 0 Å². The summed E-state index contributed by atoms with van der Waals surface area (Å²) in [5, 5.41) is 7.74. The van der Waals surface area contributed by atoms with Crippen LogP contribution in [0.15, 0.2) is 30.1 Å². The molecule has 0 aliphatic carbocycles. The number of hydrogen-bond donors (Lipinski definition) is 1. The summed E-state index contributed by atoms with van der Waals surface area (Å²) in [6.07, 6.45) is 4.32. The van der Waals surface area contributed by atoms with E-state index < -0.39 is 0 Å². The fourth-order valence-electron chi connectivity index (χ4n) is 3.18. The third-order valence-electron chi connectivity index (χ3n) is 4.55. The molecule has 7 nitrogen and oxygen atoms in total. The smallest absolute Gasteiger partial charge is 0.276 e. The van der Waals surface area contributed by atoms with E-state index in [0.717, 1.165) is 22.6 Å². The summed E-state index contributed by atoms with van der Waals surface area (Å²) >= 11 is 5.37. The van der Waals surface area contributed by atoms with Crippen LogP contribution in [-0.2, 0) is 18.3 Å². The Kier molecular flexibility index (Phi) is 6.53. The second kappa shape index (κ2) is 9.09. The number of aromatic nitrogens is 2. The van der Waals surface area contributed by atoms with Crippen molar-refractivity contribution in [1.82, 2.24) is 20.0 Å². The average Bonchev–Trinajstić information content (AvgIpc) is 3.13. The number of thiocarbonyl (C=S) groups is 1. The molecule has 3 rings (SSSR count). The van der Waals surface area contributed by atoms with Gasteiger partial charge in [-0.05, 0) is 63.2 Å². The van der Waals surface area contributed by atoms with Crippen LogP contribution in [0.4, 0.5) is 0 Å². The SMILES string of the molecule is CCOc1ccc(CCN2C(=O)/C(=C\c3cn(C)nc3C)NC2=S)cc1OCC. The topological polar surface area (TPSA) is 68.6 Å². The van der Waals surface area contributed by atoms with Crippen LogP contribution in [0.3, 0.4) is 0 Å². The highest BCUT2D eigenvalue weighted by atomic mass is 32.1. The lowest BCUT2D eigenvalue weighted by Gasteiger charge is -2.15. The highest BCUT2D eigenvalue weighted by molar-refractivity contribution is 7.80. The average molecular weight is 415 g/mol. The molecule has 0 spiro atoms. The second-order valence-corrected chi connectivity index (χ2v) is 7.07. The van der Waals surface area contributed by atoms with E-state index in [0.29, 0.717) is 42.7 Å². The Bertz CT molecular complexity index is 951. The minimum absolute atomic E-state index is 0.130. The molecule has 29 heavy (non-hydrogen) atoms. The van der Waals surface area contributed by atoms with Crippen molar-refractivity contribution in [2.75, 3.05) is 19.8 Å². The Hall–Kier alpha value is -2.87. The summed E-state index contributed by atoms with van der Waals surface area (Å²) in [5.41, 5.74) is 3.26. The number of aryl methyl sites for hydroxylation is 2. The van der Waals surface area contributed by atoms with Crippen molar-refractivity contribution in [3.63, 3.8) is 0 Å². The van der Waals surface area contributed by atoms with Crippen LogP contribution in [0, 0.1) is 6.92 Å². The van der Waals surface area contributed by atoms with E-state index in [2.05, 4.69) is 10.4 Å². The molecule has 0 saturated carbocycles. The highest BCUT2D eigenvalue weighted by Gasteiger charge is 2.30. The fourth-order valence-corrected chi connectivity index (χ4v) is 3.47. The molecule has 0 radical (unpaired) electrons. The first-order valence-electron chi connectivity index (χ1n) is 9.66. The Morgan fingerprint density at radius 2 is 1.93 bits per heavy atom. The number of nitrogens with one attached hydrogen (secondary N) is 1. The van der Waals surface area contributed by atoms with Crippen molar-refractivity contribution >= 4 is 29.3 Å². The minimum atomic E-state index is -0.130. The zero-order chi connectivity index (χ0) is 21.0. The molecular formula is C21H26N4O3S. The van der Waals surface area contributed by atoms with E-state index in [1.54, 1.807) is 15.7 Å². The lowest BCUT2D eigenvalue weighted by Crippen LogP contribution is -2.32. The Morgan fingerprint density at radius 1 is 1.21 bits per heavy atom. The monoisotopic (exact) mass is 414 g/mol. The number of amides is 1. The Balaban J connectivity index is 1.71. The van der Waals surface area contributed by atoms with Crippen LogP contribution < -0.4 is 14.8 Å². The number of hydrogen-bond acceptors (Lipinski definition) is 5. The molecule has 0 bridgehead atoms. The third-order valence-corrected chi connectivity index (χ3v) is 4.87. The largest absolute Gasteiger partial charge is 0.490 e. The standard InChI is InChI=1S/C21H26N4O3S/c1-5-27-18-8-7-15(11-19(18)28-6-2)9-10-25-20(26)17(22-21(25)29)12-16-13-24(4)23-14(16)3/h7-8,11-13H,5-6,9-10H2,1-4H3,(H,22,29)/b17-12+. The van der Waals surface area contributed by atoms with Gasteiger partial charge in [-0.3, -0.25) is 14.4 Å². The van der Waals surface area contributed by atoms with Crippen molar-refractivity contribution in [1.29, 1.82) is 0 Å². The molecule has 1 aliphatic heterocycles. The number of carbonyl (C=O) groups is 1. The molecule has 1 saturated heterocycles. The molecule has 1 aromatic carbocycles. The number of nitrogens with zero attached hydrogens (tertiary/aromatic N) is 3. The fraction of sp³-hybridized carbons (Fsp3) is 0.381. The molecule has 1 amide bonds. The van der Waals surface area contributed by atoms with E-state index in [9.17, 15) is 4.79 Å². The van der Waals surface area contributed by atoms with Crippen molar-refractivity contribution in [2.24, 2.45) is 7.05 Å². The molecule has 1 N–H and O–H groups in total. The molecule has 1 fully saturated rings. The van der Waals surface area contributed by atoms with Crippen molar-refractivity contribution in [2.45, 2.75) is 27.2 Å². The first kappa shape index (κ1) is 20.9. The van der Waals surface area contributed by atoms with E-state index >= 15 is 0 Å². The molecular weight excluding hydrogens is 388 g/mol. The Morgan fingerprint density at radius 3 is 2.59 bits per heavy atom. The molecule has 2 heterocycles. The maximum absolute atomic E-state index is 12.8. The van der Waals surface area contributed by atoms with Crippen LogP contribution in [0.2, 0.25) is 0 Å². The van der Waals surface area contributed by atoms with Crippen molar-refractivity contribution in [3.8, 4) is 11.5 Å². The van der Waals surface area contributed by atoms with Gasteiger partial charge < -0.3 is 14.8 Å². The first-order chi connectivity index (χ1) is 13.9. The van der Waals surface area contributed by atoms with Gasteiger partial charge in [-0.15, -0.1) is 0 Å². The molecule has 0 atom stereocenters. The number of carbonyl (C=O) groups excluding carboxylic acids is 1. The lowest BCUT2D eigenvalue weighted by molar-refractivity contribution is -0.122. The van der Waals surface area contributed by atoms with Crippen LogP contribution >= 0.6 is 12.2 Å². The Labute approximate surface area is 176 Å². The lowest BCUT2D eigenvalue weighted by atomic mass is 10.1. The maximum Gasteiger partial charge on any atom is 0.276 e. The van der Waals surface area contributed by atoms with Crippen molar-refractivity contribution < 1.29 is 14.3 Å². The molecule has 154 valence electrons. The summed E-state index contributed by atoms with van der Waals surface area (Å²) < 4.78 is 13.0. The van der Waals surface area contributed by atoms with E-state index in [4.69, 9.17) is 21.7 Å². The summed E-state index contributed by atoms with van der Waals surface area (Å²) in [6, 6.07) is 5.85. The normalized spacial score (nSPS) is 15.2. The van der Waals surface area contributed by atoms with Gasteiger partial charge in [0.05, 0.1) is 18.9 Å². The summed E-state index contributed by atoms with van der Waals surface area (Å²) in [4.78, 5) is 14.4. The summed E-state index contributed by atoms with van der Waals surface area (Å²) in [7, 11) is 1.85. The van der Waals surface area contributed by atoms with Gasteiger partial charge in [0.2, 0.25) is 0 Å². The van der Waals surface area contributed by atoms with Crippen molar-refractivity contribution in [3.05, 3.63) is 46.9 Å². The van der Waals surface area contributed by atoms with Gasteiger partial charge in [0.15, 0.2) is 16.6 Å². The zero-order valence-electron chi connectivity index (χ0n) is 17.2. The van der Waals surface area contributed by atoms with E-state index in [1.807, 2.05) is 52.2 Å². The zero-order valence-corrected chi connectivity index (χ0v) is 18.0.